The van der Waals surface area contributed by atoms with E-state index in [1.54, 1.807) is 7.11 Å². The summed E-state index contributed by atoms with van der Waals surface area (Å²) in [7, 11) is 1.70. The van der Waals surface area contributed by atoms with E-state index in [2.05, 4.69) is 154 Å². The maximum absolute atomic E-state index is 5.53. The van der Waals surface area contributed by atoms with Crippen LogP contribution in [0.3, 0.4) is 0 Å². The molecule has 0 amide bonds. The number of imidazole rings is 1. The number of aryl methyl sites for hydroxylation is 1. The average Bonchev–Trinajstić information content (AvgIpc) is 3.93. The van der Waals surface area contributed by atoms with Gasteiger partial charge >= 0.3 is 0 Å². The molecule has 0 aliphatic carbocycles. The Balaban J connectivity index is 1.10. The van der Waals surface area contributed by atoms with Gasteiger partial charge in [0.2, 0.25) is 0 Å². The van der Waals surface area contributed by atoms with Crippen molar-refractivity contribution in [2.24, 2.45) is 0 Å². The summed E-state index contributed by atoms with van der Waals surface area (Å²) in [6, 6.07) is 48.8. The summed E-state index contributed by atoms with van der Waals surface area (Å²) in [4.78, 5) is 8.42. The highest BCUT2D eigenvalue weighted by molar-refractivity contribution is 5.84. The van der Waals surface area contributed by atoms with Gasteiger partial charge in [0.1, 0.15) is 22.9 Å². The van der Waals surface area contributed by atoms with Gasteiger partial charge in [-0.1, -0.05) is 121 Å². The lowest BCUT2D eigenvalue weighted by atomic mass is 9.77. The number of benzene rings is 5. The van der Waals surface area contributed by atoms with Crippen molar-refractivity contribution in [3.05, 3.63) is 203 Å². The fourth-order valence-corrected chi connectivity index (χ4v) is 7.35. The molecule has 0 spiro atoms. The molecule has 0 unspecified atom stereocenters. The maximum Gasteiger partial charge on any atom is 0.137 e. The van der Waals surface area contributed by atoms with Crippen molar-refractivity contribution in [3.63, 3.8) is 0 Å². The van der Waals surface area contributed by atoms with E-state index < -0.39 is 5.54 Å². The summed E-state index contributed by atoms with van der Waals surface area (Å²) in [5, 5.41) is 10.6. The second-order valence-electron chi connectivity index (χ2n) is 12.9. The van der Waals surface area contributed by atoms with Crippen molar-refractivity contribution in [1.29, 1.82) is 0 Å². The fourth-order valence-electron chi connectivity index (χ4n) is 7.35. The molecule has 7 nitrogen and oxygen atoms in total. The number of hydrogen-bond acceptors (Lipinski definition) is 4. The molecule has 0 bridgehead atoms. The van der Waals surface area contributed by atoms with E-state index in [0.717, 1.165) is 59.8 Å². The zero-order valence-electron chi connectivity index (χ0n) is 28.7. The van der Waals surface area contributed by atoms with Gasteiger partial charge in [-0.3, -0.25) is 0 Å². The number of nitrogens with zero attached hydrogens (tertiary/aromatic N) is 5. The molecule has 252 valence electrons. The molecule has 0 radical (unpaired) electrons. The lowest BCUT2D eigenvalue weighted by molar-refractivity contribution is 0.415. The highest BCUT2D eigenvalue weighted by Gasteiger charge is 2.38. The first kappa shape index (κ1) is 32.0. The minimum absolute atomic E-state index is 0.582. The monoisotopic (exact) mass is 668 g/mol. The van der Waals surface area contributed by atoms with Crippen molar-refractivity contribution in [2.75, 3.05) is 7.11 Å². The number of rotatable bonds is 13. The third-order valence-electron chi connectivity index (χ3n) is 9.84. The lowest BCUT2D eigenvalue weighted by Gasteiger charge is -2.37. The minimum atomic E-state index is -0.582. The van der Waals surface area contributed by atoms with Crippen molar-refractivity contribution >= 4 is 10.9 Å². The number of H-pyrrole nitrogens is 1. The molecule has 3 aromatic heterocycles. The smallest absolute Gasteiger partial charge is 0.137 e. The number of nitrogens with one attached hydrogen (secondary N) is 1. The second kappa shape index (κ2) is 14.3. The third-order valence-corrected chi connectivity index (χ3v) is 9.84. The van der Waals surface area contributed by atoms with E-state index in [0.29, 0.717) is 6.42 Å². The standard InChI is InChI=1S/C44H40N6O/c1-51-39-24-25-41-40(29-39)34(30-45-41)28-43-48-47-42(27-33-15-6-2-7-16-33)50(43)26-14-23-38-31-49(32-46-38)44(35-17-8-3-9-18-35,36-19-10-4-11-20-36)37-21-12-5-13-22-37/h2-13,15-22,24-25,29-32,45H,14,23,26-28H2,1H3. The van der Waals surface area contributed by atoms with Gasteiger partial charge in [-0.15, -0.1) is 10.2 Å². The molecular formula is C44H40N6O. The molecule has 51 heavy (non-hydrogen) atoms. The van der Waals surface area contributed by atoms with Crippen LogP contribution in [-0.4, -0.2) is 36.4 Å². The van der Waals surface area contributed by atoms with Crippen molar-refractivity contribution in [3.8, 4) is 5.75 Å². The van der Waals surface area contributed by atoms with Crippen LogP contribution in [0.25, 0.3) is 10.9 Å². The predicted octanol–water partition coefficient (Wildman–Crippen LogP) is 8.62. The van der Waals surface area contributed by atoms with E-state index in [1.807, 2.05) is 18.5 Å². The molecule has 8 rings (SSSR count). The number of fused-ring (bicyclic) bond motifs is 1. The second-order valence-corrected chi connectivity index (χ2v) is 12.9. The van der Waals surface area contributed by atoms with Gasteiger partial charge in [0.15, 0.2) is 0 Å². The van der Waals surface area contributed by atoms with Crippen molar-refractivity contribution < 1.29 is 4.74 Å². The van der Waals surface area contributed by atoms with Crippen LogP contribution >= 0.6 is 0 Å². The first-order valence-corrected chi connectivity index (χ1v) is 17.5. The number of methoxy groups -OCH3 is 1. The average molecular weight is 669 g/mol. The molecule has 0 aliphatic rings. The molecular weight excluding hydrogens is 629 g/mol. The Labute approximate surface area is 298 Å². The Hall–Kier alpha value is -6.21. The van der Waals surface area contributed by atoms with Crippen LogP contribution in [0, 0.1) is 0 Å². The van der Waals surface area contributed by atoms with Gasteiger partial charge in [-0.25, -0.2) is 4.98 Å². The molecule has 0 saturated heterocycles. The van der Waals surface area contributed by atoms with Gasteiger partial charge < -0.3 is 18.9 Å². The molecule has 0 atom stereocenters. The summed E-state index contributed by atoms with van der Waals surface area (Å²) < 4.78 is 10.1. The van der Waals surface area contributed by atoms with E-state index in [1.165, 1.54) is 27.8 Å². The van der Waals surface area contributed by atoms with Crippen molar-refractivity contribution in [1.82, 2.24) is 29.3 Å². The molecule has 0 aliphatic heterocycles. The quantitative estimate of drug-likeness (QED) is 0.125. The zero-order valence-corrected chi connectivity index (χ0v) is 28.7. The van der Waals surface area contributed by atoms with Gasteiger partial charge in [-0.05, 0) is 58.9 Å². The largest absolute Gasteiger partial charge is 0.497 e. The van der Waals surface area contributed by atoms with Gasteiger partial charge in [0.25, 0.3) is 0 Å². The Bertz CT molecular complexity index is 2230. The van der Waals surface area contributed by atoms with E-state index in [9.17, 15) is 0 Å². The van der Waals surface area contributed by atoms with Crippen LogP contribution in [0.4, 0.5) is 0 Å². The summed E-state index contributed by atoms with van der Waals surface area (Å²) in [6.07, 6.45) is 9.39. The Morgan fingerprint density at radius 3 is 1.88 bits per heavy atom. The van der Waals surface area contributed by atoms with Crippen molar-refractivity contribution in [2.45, 2.75) is 37.8 Å². The van der Waals surface area contributed by atoms with Crippen LogP contribution in [0.5, 0.6) is 5.75 Å². The summed E-state index contributed by atoms with van der Waals surface area (Å²) in [6.45, 7) is 0.782. The molecule has 5 aromatic carbocycles. The molecule has 8 aromatic rings. The summed E-state index contributed by atoms with van der Waals surface area (Å²) in [5.41, 5.74) is 7.47. The van der Waals surface area contributed by atoms with Crippen LogP contribution in [0.2, 0.25) is 0 Å². The highest BCUT2D eigenvalue weighted by atomic mass is 16.5. The fraction of sp³-hybridized carbons (Fsp3) is 0.159. The number of hydrogen-bond donors (Lipinski definition) is 1. The Kier molecular flexibility index (Phi) is 9.00. The van der Waals surface area contributed by atoms with E-state index >= 15 is 0 Å². The first-order chi connectivity index (χ1) is 25.2. The predicted molar refractivity (Wildman–Crippen MR) is 202 cm³/mol. The van der Waals surface area contributed by atoms with Crippen LogP contribution in [-0.2, 0) is 31.3 Å². The first-order valence-electron chi connectivity index (χ1n) is 17.5. The molecule has 0 fully saturated rings. The number of aromatic amines is 1. The summed E-state index contributed by atoms with van der Waals surface area (Å²) >= 11 is 0. The van der Waals surface area contributed by atoms with E-state index in [-0.39, 0.29) is 0 Å². The molecule has 1 N–H and O–H groups in total. The third kappa shape index (κ3) is 6.34. The van der Waals surface area contributed by atoms with Crippen LogP contribution in [0.15, 0.2) is 158 Å². The normalized spacial score (nSPS) is 11.6. The number of ether oxygens (including phenoxy) is 1. The highest BCUT2D eigenvalue weighted by Crippen LogP contribution is 2.41. The maximum atomic E-state index is 5.53. The van der Waals surface area contributed by atoms with Crippen LogP contribution < -0.4 is 4.74 Å². The summed E-state index contributed by atoms with van der Waals surface area (Å²) in [5.74, 6) is 2.76. The molecule has 3 heterocycles. The molecule has 7 heteroatoms. The lowest BCUT2D eigenvalue weighted by Crippen LogP contribution is -2.36. The Morgan fingerprint density at radius 1 is 0.686 bits per heavy atom. The van der Waals surface area contributed by atoms with Gasteiger partial charge in [-0.2, -0.15) is 0 Å². The van der Waals surface area contributed by atoms with E-state index in [4.69, 9.17) is 19.9 Å². The van der Waals surface area contributed by atoms with Gasteiger partial charge in [0, 0.05) is 42.7 Å². The topological polar surface area (TPSA) is 73.5 Å². The SMILES string of the molecule is COc1ccc2[nH]cc(Cc3nnc(Cc4ccccc4)n3CCCc3cn(C(c4ccccc4)(c4ccccc4)c4ccccc4)cn3)c2c1. The molecule has 0 saturated carbocycles. The van der Waals surface area contributed by atoms with Gasteiger partial charge in [0.05, 0.1) is 19.1 Å². The zero-order chi connectivity index (χ0) is 34.5. The van der Waals surface area contributed by atoms with Crippen LogP contribution in [0.1, 0.15) is 51.6 Å². The number of aromatic nitrogens is 6. The Morgan fingerprint density at radius 2 is 1.27 bits per heavy atom. The minimum Gasteiger partial charge on any atom is -0.497 e.